The number of hydrogen-bond acceptors (Lipinski definition) is 1. The van der Waals surface area contributed by atoms with Crippen molar-refractivity contribution in [2.24, 2.45) is 5.92 Å². The van der Waals surface area contributed by atoms with Gasteiger partial charge < -0.3 is 5.32 Å². The van der Waals surface area contributed by atoms with Crippen LogP contribution in [0.1, 0.15) is 57.4 Å². The van der Waals surface area contributed by atoms with Crippen LogP contribution in [0, 0.1) is 11.7 Å². The largest absolute Gasteiger partial charge is 0.314 e. The van der Waals surface area contributed by atoms with Crippen molar-refractivity contribution in [3.63, 3.8) is 0 Å². The SMILES string of the molecule is CCCNC(Cc1ccc(Cl)c(F)c1)CC1CCCCC1. The van der Waals surface area contributed by atoms with Gasteiger partial charge in [-0.05, 0) is 49.4 Å². The van der Waals surface area contributed by atoms with Crippen molar-refractivity contribution in [3.05, 3.63) is 34.6 Å². The second-order valence-corrected chi connectivity index (χ2v) is 6.75. The summed E-state index contributed by atoms with van der Waals surface area (Å²) in [5.41, 5.74) is 1.04. The van der Waals surface area contributed by atoms with Crippen LogP contribution in [-0.4, -0.2) is 12.6 Å². The molecule has 1 nitrogen and oxygen atoms in total. The summed E-state index contributed by atoms with van der Waals surface area (Å²) in [5.74, 6) is 0.534. The van der Waals surface area contributed by atoms with Gasteiger partial charge in [-0.1, -0.05) is 56.7 Å². The molecule has 2 rings (SSSR count). The Bertz CT molecular complexity index is 429. The molecule has 0 aromatic heterocycles. The van der Waals surface area contributed by atoms with Gasteiger partial charge in [0.1, 0.15) is 5.82 Å². The summed E-state index contributed by atoms with van der Waals surface area (Å²) in [6.45, 7) is 3.22. The van der Waals surface area contributed by atoms with Crippen molar-refractivity contribution in [1.29, 1.82) is 0 Å². The third-order valence-electron chi connectivity index (χ3n) is 4.49. The van der Waals surface area contributed by atoms with Gasteiger partial charge in [0.2, 0.25) is 0 Å². The fourth-order valence-corrected chi connectivity index (χ4v) is 3.48. The predicted octanol–water partition coefficient (Wildman–Crippen LogP) is 5.36. The lowest BCUT2D eigenvalue weighted by Gasteiger charge is -2.27. The van der Waals surface area contributed by atoms with Gasteiger partial charge >= 0.3 is 0 Å². The Hall–Kier alpha value is -0.600. The molecule has 0 spiro atoms. The maximum Gasteiger partial charge on any atom is 0.142 e. The molecule has 1 aliphatic carbocycles. The summed E-state index contributed by atoms with van der Waals surface area (Å²) in [4.78, 5) is 0. The van der Waals surface area contributed by atoms with Crippen molar-refractivity contribution in [2.75, 3.05) is 6.54 Å². The molecule has 1 aliphatic rings. The van der Waals surface area contributed by atoms with Crippen LogP contribution >= 0.6 is 11.6 Å². The Labute approximate surface area is 133 Å². The highest BCUT2D eigenvalue weighted by Gasteiger charge is 2.19. The third kappa shape index (κ3) is 5.60. The molecule has 1 N–H and O–H groups in total. The van der Waals surface area contributed by atoms with Gasteiger partial charge in [-0.15, -0.1) is 0 Å². The Kier molecular flexibility index (Phi) is 6.98. The van der Waals surface area contributed by atoms with Crippen LogP contribution in [0.15, 0.2) is 18.2 Å². The second kappa shape index (κ2) is 8.75. The van der Waals surface area contributed by atoms with E-state index >= 15 is 0 Å². The molecule has 0 heterocycles. The zero-order chi connectivity index (χ0) is 15.1. The van der Waals surface area contributed by atoms with Gasteiger partial charge in [0.25, 0.3) is 0 Å². The first-order valence-corrected chi connectivity index (χ1v) is 8.74. The van der Waals surface area contributed by atoms with E-state index in [4.69, 9.17) is 11.6 Å². The number of nitrogens with one attached hydrogen (secondary N) is 1. The zero-order valence-corrected chi connectivity index (χ0v) is 13.8. The Morgan fingerprint density at radius 1 is 1.29 bits per heavy atom. The van der Waals surface area contributed by atoms with Crippen LogP contribution in [-0.2, 0) is 6.42 Å². The van der Waals surface area contributed by atoms with Crippen LogP contribution in [0.25, 0.3) is 0 Å². The second-order valence-electron chi connectivity index (χ2n) is 6.34. The van der Waals surface area contributed by atoms with Crippen LogP contribution in [0.4, 0.5) is 4.39 Å². The summed E-state index contributed by atoms with van der Waals surface area (Å²) < 4.78 is 13.6. The highest BCUT2D eigenvalue weighted by molar-refractivity contribution is 6.30. The normalized spacial score (nSPS) is 17.9. The number of rotatable bonds is 7. The molecule has 118 valence electrons. The molecule has 3 heteroatoms. The van der Waals surface area contributed by atoms with Gasteiger partial charge in [0.15, 0.2) is 0 Å². The predicted molar refractivity (Wildman–Crippen MR) is 88.4 cm³/mol. The fourth-order valence-electron chi connectivity index (χ4n) is 3.36. The molecule has 1 fully saturated rings. The van der Waals surface area contributed by atoms with Crippen LogP contribution in [0.5, 0.6) is 0 Å². The van der Waals surface area contributed by atoms with Gasteiger partial charge in [0, 0.05) is 6.04 Å². The van der Waals surface area contributed by atoms with E-state index in [9.17, 15) is 4.39 Å². The van der Waals surface area contributed by atoms with Crippen molar-refractivity contribution in [1.82, 2.24) is 5.32 Å². The minimum Gasteiger partial charge on any atom is -0.314 e. The first-order valence-electron chi connectivity index (χ1n) is 8.36. The van der Waals surface area contributed by atoms with E-state index in [1.807, 2.05) is 6.07 Å². The van der Waals surface area contributed by atoms with Crippen LogP contribution in [0.2, 0.25) is 5.02 Å². The molecule has 0 bridgehead atoms. The average Bonchev–Trinajstić information content (AvgIpc) is 2.49. The van der Waals surface area contributed by atoms with E-state index in [1.54, 1.807) is 12.1 Å². The molecule has 0 radical (unpaired) electrons. The monoisotopic (exact) mass is 311 g/mol. The lowest BCUT2D eigenvalue weighted by molar-refractivity contribution is 0.296. The molecular weight excluding hydrogens is 285 g/mol. The molecule has 0 saturated heterocycles. The van der Waals surface area contributed by atoms with E-state index in [0.717, 1.165) is 30.9 Å². The van der Waals surface area contributed by atoms with Gasteiger partial charge in [-0.25, -0.2) is 4.39 Å². The van der Waals surface area contributed by atoms with Crippen LogP contribution in [0.3, 0.4) is 0 Å². The highest BCUT2D eigenvalue weighted by Crippen LogP contribution is 2.28. The maximum atomic E-state index is 13.6. The van der Waals surface area contributed by atoms with Crippen molar-refractivity contribution in [2.45, 2.75) is 64.3 Å². The smallest absolute Gasteiger partial charge is 0.142 e. The topological polar surface area (TPSA) is 12.0 Å². The highest BCUT2D eigenvalue weighted by atomic mass is 35.5. The lowest BCUT2D eigenvalue weighted by atomic mass is 9.83. The summed E-state index contributed by atoms with van der Waals surface area (Å²) in [7, 11) is 0. The first kappa shape index (κ1) is 16.8. The van der Waals surface area contributed by atoms with E-state index in [-0.39, 0.29) is 10.8 Å². The van der Waals surface area contributed by atoms with E-state index in [0.29, 0.717) is 6.04 Å². The van der Waals surface area contributed by atoms with E-state index < -0.39 is 0 Å². The molecule has 0 amide bonds. The minimum atomic E-state index is -0.305. The molecule has 21 heavy (non-hydrogen) atoms. The number of halogens is 2. The van der Waals surface area contributed by atoms with E-state index in [2.05, 4.69) is 12.2 Å². The fraction of sp³-hybridized carbons (Fsp3) is 0.667. The summed E-state index contributed by atoms with van der Waals surface area (Å²) in [6.07, 6.45) is 10.1. The van der Waals surface area contributed by atoms with Crippen molar-refractivity contribution >= 4 is 11.6 Å². The van der Waals surface area contributed by atoms with Crippen molar-refractivity contribution < 1.29 is 4.39 Å². The Morgan fingerprint density at radius 3 is 2.71 bits per heavy atom. The molecule has 1 unspecified atom stereocenters. The number of hydrogen-bond donors (Lipinski definition) is 1. The molecule has 0 aliphatic heterocycles. The Balaban J connectivity index is 1.95. The zero-order valence-electron chi connectivity index (χ0n) is 13.0. The summed E-state index contributed by atoms with van der Waals surface area (Å²) >= 11 is 5.77. The third-order valence-corrected chi connectivity index (χ3v) is 4.80. The van der Waals surface area contributed by atoms with Gasteiger partial charge in [0.05, 0.1) is 5.02 Å². The van der Waals surface area contributed by atoms with Crippen LogP contribution < -0.4 is 5.32 Å². The molecule has 1 aromatic rings. The molecule has 1 saturated carbocycles. The van der Waals surface area contributed by atoms with Crippen molar-refractivity contribution in [3.8, 4) is 0 Å². The van der Waals surface area contributed by atoms with E-state index in [1.165, 1.54) is 38.5 Å². The molecule has 1 atom stereocenters. The minimum absolute atomic E-state index is 0.212. The number of benzene rings is 1. The quantitative estimate of drug-likeness (QED) is 0.714. The Morgan fingerprint density at radius 2 is 2.05 bits per heavy atom. The molecule has 1 aromatic carbocycles. The van der Waals surface area contributed by atoms with Gasteiger partial charge in [-0.3, -0.25) is 0 Å². The first-order chi connectivity index (χ1) is 10.2. The summed E-state index contributed by atoms with van der Waals surface area (Å²) in [6, 6.07) is 5.66. The maximum absolute atomic E-state index is 13.6. The molecular formula is C18H27ClFN. The lowest BCUT2D eigenvalue weighted by Crippen LogP contribution is -2.34. The average molecular weight is 312 g/mol. The standard InChI is InChI=1S/C18H27ClFN/c1-2-10-21-16(11-14-6-4-3-5-7-14)12-15-8-9-17(19)18(20)13-15/h8-9,13-14,16,21H,2-7,10-12H2,1H3. The van der Waals surface area contributed by atoms with Gasteiger partial charge in [-0.2, -0.15) is 0 Å². The summed E-state index contributed by atoms with van der Waals surface area (Å²) in [5, 5.41) is 3.86.